The van der Waals surface area contributed by atoms with Crippen LogP contribution in [0.4, 0.5) is 0 Å². The molecule has 86 heavy (non-hydrogen) atoms. The molecule has 6 nitrogen and oxygen atoms in total. The number of aliphatic hydroxyl groups excluding tert-OH is 2. The Morgan fingerprint density at radius 2 is 0.605 bits per heavy atom. The van der Waals surface area contributed by atoms with Crippen molar-refractivity contribution in [3.8, 4) is 0 Å². The zero-order valence-electron chi connectivity index (χ0n) is 58.1. The topological polar surface area (TPSA) is 95.9 Å². The van der Waals surface area contributed by atoms with Gasteiger partial charge in [-0.15, -0.1) is 0 Å². The summed E-state index contributed by atoms with van der Waals surface area (Å²) in [5.74, 6) is -0.0535. The number of nitrogens with one attached hydrogen (secondary N) is 1. The van der Waals surface area contributed by atoms with Crippen LogP contribution in [0, 0.1) is 0 Å². The van der Waals surface area contributed by atoms with Crippen LogP contribution in [0.2, 0.25) is 0 Å². The van der Waals surface area contributed by atoms with Crippen molar-refractivity contribution >= 4 is 11.9 Å². The van der Waals surface area contributed by atoms with E-state index in [1.165, 1.54) is 347 Å². The van der Waals surface area contributed by atoms with E-state index >= 15 is 0 Å². The van der Waals surface area contributed by atoms with Gasteiger partial charge >= 0.3 is 5.97 Å². The molecule has 0 radical (unpaired) electrons. The molecule has 0 saturated heterocycles. The van der Waals surface area contributed by atoms with Gasteiger partial charge in [-0.3, -0.25) is 9.59 Å². The molecule has 0 bridgehead atoms. The molecule has 0 heterocycles. The highest BCUT2D eigenvalue weighted by Crippen LogP contribution is 2.19. The van der Waals surface area contributed by atoms with Gasteiger partial charge in [0.1, 0.15) is 0 Å². The van der Waals surface area contributed by atoms with Gasteiger partial charge in [-0.2, -0.15) is 0 Å². The maximum absolute atomic E-state index is 12.5. The highest BCUT2D eigenvalue weighted by molar-refractivity contribution is 5.76. The first-order valence-electron chi connectivity index (χ1n) is 38.9. The van der Waals surface area contributed by atoms with E-state index in [2.05, 4.69) is 55.6 Å². The third-order valence-corrected chi connectivity index (χ3v) is 18.0. The van der Waals surface area contributed by atoms with Crippen LogP contribution in [0.1, 0.15) is 425 Å². The monoisotopic (exact) mass is 1210 g/mol. The van der Waals surface area contributed by atoms with Crippen molar-refractivity contribution in [2.24, 2.45) is 0 Å². The van der Waals surface area contributed by atoms with Crippen molar-refractivity contribution in [2.45, 2.75) is 437 Å². The number of carbonyl (C=O) groups excluding carboxylic acids is 2. The van der Waals surface area contributed by atoms with Crippen molar-refractivity contribution in [2.75, 3.05) is 13.2 Å². The quantitative estimate of drug-likeness (QED) is 0.0320. The zero-order chi connectivity index (χ0) is 62.0. The number of aliphatic hydroxyl groups is 2. The third-order valence-electron chi connectivity index (χ3n) is 18.0. The SMILES string of the molecule is CCC/C=C\C/C=C\CCCCCCCC(=O)OCCCCCCCCCCCCCCCCCCCC/C=C\CCCCCCCCCCCCCCCCCCCC(=O)NC(CO)C(O)/C=C/CCCCCCCCCCCCCCCCC. The summed E-state index contributed by atoms with van der Waals surface area (Å²) in [5, 5.41) is 23.2. The van der Waals surface area contributed by atoms with Gasteiger partial charge in [0.25, 0.3) is 0 Å². The van der Waals surface area contributed by atoms with Crippen LogP contribution in [0.3, 0.4) is 0 Å². The van der Waals surface area contributed by atoms with E-state index < -0.39 is 12.1 Å². The molecule has 506 valence electrons. The summed E-state index contributed by atoms with van der Waals surface area (Å²) in [5.41, 5.74) is 0. The Bertz CT molecular complexity index is 1440. The van der Waals surface area contributed by atoms with Gasteiger partial charge < -0.3 is 20.3 Å². The molecule has 0 saturated carbocycles. The lowest BCUT2D eigenvalue weighted by molar-refractivity contribution is -0.143. The molecule has 0 aliphatic rings. The molecular weight excluding hydrogens is 1050 g/mol. The highest BCUT2D eigenvalue weighted by atomic mass is 16.5. The first kappa shape index (κ1) is 83.8. The predicted molar refractivity (Wildman–Crippen MR) is 379 cm³/mol. The Morgan fingerprint density at radius 3 is 0.942 bits per heavy atom. The van der Waals surface area contributed by atoms with E-state index in [0.717, 1.165) is 51.4 Å². The number of carbonyl (C=O) groups is 2. The summed E-state index contributed by atoms with van der Waals surface area (Å²) >= 11 is 0. The molecule has 1 amide bonds. The lowest BCUT2D eigenvalue weighted by atomic mass is 10.0. The van der Waals surface area contributed by atoms with Gasteiger partial charge in [-0.25, -0.2) is 0 Å². The van der Waals surface area contributed by atoms with Crippen LogP contribution in [0.15, 0.2) is 48.6 Å². The third kappa shape index (κ3) is 70.9. The molecule has 0 rings (SSSR count). The van der Waals surface area contributed by atoms with E-state index in [-0.39, 0.29) is 18.5 Å². The van der Waals surface area contributed by atoms with Crippen molar-refractivity contribution in [1.82, 2.24) is 5.32 Å². The van der Waals surface area contributed by atoms with Crippen LogP contribution in [0.25, 0.3) is 0 Å². The molecule has 0 aliphatic heterocycles. The number of amides is 1. The van der Waals surface area contributed by atoms with E-state index in [4.69, 9.17) is 4.74 Å². The fourth-order valence-corrected chi connectivity index (χ4v) is 12.1. The van der Waals surface area contributed by atoms with Crippen LogP contribution >= 0.6 is 0 Å². The number of unbranched alkanes of at least 4 members (excludes halogenated alkanes) is 56. The second kappa shape index (κ2) is 75.3. The normalized spacial score (nSPS) is 12.7. The lowest BCUT2D eigenvalue weighted by Gasteiger charge is -2.20. The molecule has 2 unspecified atom stereocenters. The number of allylic oxidation sites excluding steroid dienone is 7. The second-order valence-corrected chi connectivity index (χ2v) is 26.7. The standard InChI is InChI=1S/C80H151NO5/c1-3-5-7-9-11-13-15-17-18-42-45-49-52-56-60-64-68-72-78(83)77(76-82)81-79(84)73-69-65-61-57-53-50-46-43-40-38-36-34-32-30-28-26-24-22-20-19-21-23-25-27-29-31-33-35-37-39-41-44-47-51-55-59-63-67-71-75-86-80(85)74-70-66-62-58-54-48-16-14-12-10-8-6-4-2/h8,10,14,16,19-20,68,72,77-78,82-83H,3-7,9,11-13,15,17-18,21-67,69-71,73-76H2,1-2H3,(H,81,84)/b10-8-,16-14-,20-19-,72-68+. The fraction of sp³-hybridized carbons (Fsp3) is 0.875. The van der Waals surface area contributed by atoms with Gasteiger partial charge in [-0.1, -0.05) is 377 Å². The van der Waals surface area contributed by atoms with Crippen LogP contribution in [0.5, 0.6) is 0 Å². The number of rotatable bonds is 73. The summed E-state index contributed by atoms with van der Waals surface area (Å²) in [6, 6.07) is -0.625. The number of hydrogen-bond acceptors (Lipinski definition) is 5. The summed E-state index contributed by atoms with van der Waals surface area (Å²) in [6.45, 7) is 4.87. The van der Waals surface area contributed by atoms with Crippen molar-refractivity contribution in [3.05, 3.63) is 48.6 Å². The minimum Gasteiger partial charge on any atom is -0.466 e. The minimum absolute atomic E-state index is 0.00705. The first-order chi connectivity index (χ1) is 42.5. The summed E-state index contributed by atoms with van der Waals surface area (Å²) in [7, 11) is 0. The zero-order valence-corrected chi connectivity index (χ0v) is 58.1. The van der Waals surface area contributed by atoms with E-state index in [1.54, 1.807) is 6.08 Å². The molecule has 0 aromatic carbocycles. The number of esters is 1. The van der Waals surface area contributed by atoms with E-state index in [9.17, 15) is 19.8 Å². The molecule has 0 fully saturated rings. The Morgan fingerprint density at radius 1 is 0.326 bits per heavy atom. The van der Waals surface area contributed by atoms with Crippen molar-refractivity contribution in [3.63, 3.8) is 0 Å². The Kier molecular flexibility index (Phi) is 73.4. The molecule has 0 aromatic rings. The molecule has 6 heteroatoms. The van der Waals surface area contributed by atoms with Gasteiger partial charge in [0, 0.05) is 12.8 Å². The van der Waals surface area contributed by atoms with Crippen molar-refractivity contribution in [1.29, 1.82) is 0 Å². The van der Waals surface area contributed by atoms with E-state index in [0.29, 0.717) is 19.4 Å². The maximum Gasteiger partial charge on any atom is 0.305 e. The molecule has 0 aromatic heterocycles. The molecule has 0 spiro atoms. The van der Waals surface area contributed by atoms with Crippen LogP contribution in [-0.4, -0.2) is 47.4 Å². The number of hydrogen-bond donors (Lipinski definition) is 3. The Labute approximate surface area is 537 Å². The largest absolute Gasteiger partial charge is 0.466 e. The minimum atomic E-state index is -0.842. The Balaban J connectivity index is 3.34. The summed E-state index contributed by atoms with van der Waals surface area (Å²) in [4.78, 5) is 24.6. The second-order valence-electron chi connectivity index (χ2n) is 26.7. The van der Waals surface area contributed by atoms with Crippen LogP contribution in [-0.2, 0) is 14.3 Å². The maximum atomic E-state index is 12.5. The molecule has 0 aliphatic carbocycles. The molecule has 2 atom stereocenters. The summed E-state index contributed by atoms with van der Waals surface area (Å²) in [6.07, 6.45) is 99.5. The van der Waals surface area contributed by atoms with Gasteiger partial charge in [0.05, 0.1) is 25.4 Å². The smallest absolute Gasteiger partial charge is 0.305 e. The first-order valence-corrected chi connectivity index (χ1v) is 38.9. The fourth-order valence-electron chi connectivity index (χ4n) is 12.1. The van der Waals surface area contributed by atoms with Gasteiger partial charge in [-0.05, 0) is 83.5 Å². The lowest BCUT2D eigenvalue weighted by Crippen LogP contribution is -2.45. The highest BCUT2D eigenvalue weighted by Gasteiger charge is 2.18. The molecular formula is C80H151NO5. The summed E-state index contributed by atoms with van der Waals surface area (Å²) < 4.78 is 5.48. The average Bonchev–Trinajstić information content (AvgIpc) is 3.59. The van der Waals surface area contributed by atoms with Gasteiger partial charge in [0.2, 0.25) is 5.91 Å². The van der Waals surface area contributed by atoms with Crippen LogP contribution < -0.4 is 5.32 Å². The average molecular weight is 1210 g/mol. The Hall–Kier alpha value is -2.18. The van der Waals surface area contributed by atoms with Crippen molar-refractivity contribution < 1.29 is 24.5 Å². The molecule has 3 N–H and O–H groups in total. The van der Waals surface area contributed by atoms with Gasteiger partial charge in [0.15, 0.2) is 0 Å². The predicted octanol–water partition coefficient (Wildman–Crippen LogP) is 25.6. The number of ether oxygens (including phenoxy) is 1. The van der Waals surface area contributed by atoms with E-state index in [1.807, 2.05) is 6.08 Å².